The Balaban J connectivity index is 2.03. The number of nitrogens with one attached hydrogen (secondary N) is 1. The van der Waals surface area contributed by atoms with E-state index in [1.807, 2.05) is 7.11 Å². The van der Waals surface area contributed by atoms with E-state index in [1.165, 1.54) is 54.5 Å². The van der Waals surface area contributed by atoms with Crippen LogP contribution in [0.1, 0.15) is 41.9 Å². The van der Waals surface area contributed by atoms with Crippen LogP contribution in [0.5, 0.6) is 5.75 Å². The van der Waals surface area contributed by atoms with Gasteiger partial charge in [-0.05, 0) is 55.3 Å². The average molecular weight is 231 g/mol. The maximum atomic E-state index is 5.73. The van der Waals surface area contributed by atoms with Crippen LogP contribution in [0.15, 0.2) is 12.1 Å². The summed E-state index contributed by atoms with van der Waals surface area (Å²) in [7, 11) is 1.83. The molecule has 2 nitrogen and oxygen atoms in total. The molecule has 0 saturated carbocycles. The lowest BCUT2D eigenvalue weighted by atomic mass is 9.86. The third-order valence-electron chi connectivity index (χ3n) is 4.22. The van der Waals surface area contributed by atoms with Gasteiger partial charge < -0.3 is 10.1 Å². The second-order valence-electron chi connectivity index (χ2n) is 5.22. The fourth-order valence-electron chi connectivity index (χ4n) is 3.29. The van der Waals surface area contributed by atoms with Crippen molar-refractivity contribution in [3.63, 3.8) is 0 Å². The monoisotopic (exact) mass is 231 g/mol. The highest BCUT2D eigenvalue weighted by atomic mass is 16.5. The average Bonchev–Trinajstić information content (AvgIpc) is 2.91. The van der Waals surface area contributed by atoms with E-state index in [-0.39, 0.29) is 0 Å². The molecular formula is C15H21NO. The van der Waals surface area contributed by atoms with Gasteiger partial charge in [-0.3, -0.25) is 0 Å². The molecule has 1 atom stereocenters. The molecule has 17 heavy (non-hydrogen) atoms. The Labute approximate surface area is 103 Å². The van der Waals surface area contributed by atoms with E-state index < -0.39 is 0 Å². The summed E-state index contributed by atoms with van der Waals surface area (Å²) in [6, 6.07) is 4.64. The van der Waals surface area contributed by atoms with E-state index >= 15 is 0 Å². The van der Waals surface area contributed by atoms with Gasteiger partial charge in [0.2, 0.25) is 0 Å². The number of ether oxygens (including phenoxy) is 1. The van der Waals surface area contributed by atoms with Crippen LogP contribution in [0, 0.1) is 0 Å². The zero-order valence-corrected chi connectivity index (χ0v) is 10.6. The van der Waals surface area contributed by atoms with Gasteiger partial charge in [0.15, 0.2) is 0 Å². The molecule has 3 rings (SSSR count). The lowest BCUT2D eigenvalue weighted by Crippen LogP contribution is -2.11. The SMILES string of the molecule is COc1c(C2CCNC2)ccc2c1CCCC2. The number of methoxy groups -OCH3 is 1. The van der Waals surface area contributed by atoms with Crippen molar-refractivity contribution in [3.05, 3.63) is 28.8 Å². The predicted molar refractivity (Wildman–Crippen MR) is 69.9 cm³/mol. The van der Waals surface area contributed by atoms with Gasteiger partial charge >= 0.3 is 0 Å². The second kappa shape index (κ2) is 4.69. The van der Waals surface area contributed by atoms with Gasteiger partial charge in [-0.1, -0.05) is 12.1 Å². The summed E-state index contributed by atoms with van der Waals surface area (Å²) in [5, 5.41) is 3.45. The fourth-order valence-corrected chi connectivity index (χ4v) is 3.29. The van der Waals surface area contributed by atoms with E-state index in [0.29, 0.717) is 5.92 Å². The van der Waals surface area contributed by atoms with Gasteiger partial charge in [0.1, 0.15) is 5.75 Å². The fraction of sp³-hybridized carbons (Fsp3) is 0.600. The molecule has 1 N–H and O–H groups in total. The van der Waals surface area contributed by atoms with Crippen molar-refractivity contribution < 1.29 is 4.74 Å². The van der Waals surface area contributed by atoms with Gasteiger partial charge in [0, 0.05) is 12.5 Å². The summed E-state index contributed by atoms with van der Waals surface area (Å²) in [5.41, 5.74) is 4.43. The molecule has 0 aromatic heterocycles. The van der Waals surface area contributed by atoms with Crippen molar-refractivity contribution in [2.24, 2.45) is 0 Å². The van der Waals surface area contributed by atoms with Crippen molar-refractivity contribution in [1.82, 2.24) is 5.32 Å². The van der Waals surface area contributed by atoms with Crippen LogP contribution in [0.25, 0.3) is 0 Å². The number of hydrogen-bond donors (Lipinski definition) is 1. The number of fused-ring (bicyclic) bond motifs is 1. The van der Waals surface area contributed by atoms with E-state index in [0.717, 1.165) is 13.1 Å². The molecule has 2 heteroatoms. The molecular weight excluding hydrogens is 210 g/mol. The first-order chi connectivity index (χ1) is 8.40. The summed E-state index contributed by atoms with van der Waals surface area (Å²) in [5.74, 6) is 1.84. The van der Waals surface area contributed by atoms with Crippen LogP contribution in [0.3, 0.4) is 0 Å². The topological polar surface area (TPSA) is 21.3 Å². The van der Waals surface area contributed by atoms with Crippen LogP contribution < -0.4 is 10.1 Å². The molecule has 0 radical (unpaired) electrons. The normalized spacial score (nSPS) is 23.5. The highest BCUT2D eigenvalue weighted by Gasteiger charge is 2.24. The van der Waals surface area contributed by atoms with Crippen molar-refractivity contribution in [2.75, 3.05) is 20.2 Å². The van der Waals surface area contributed by atoms with Crippen LogP contribution in [0.2, 0.25) is 0 Å². The van der Waals surface area contributed by atoms with E-state index in [4.69, 9.17) is 4.74 Å². The van der Waals surface area contributed by atoms with Gasteiger partial charge in [-0.25, -0.2) is 0 Å². The third kappa shape index (κ3) is 1.95. The minimum Gasteiger partial charge on any atom is -0.496 e. The van der Waals surface area contributed by atoms with Crippen LogP contribution in [-0.4, -0.2) is 20.2 Å². The largest absolute Gasteiger partial charge is 0.496 e. The van der Waals surface area contributed by atoms with Crippen molar-refractivity contribution in [3.8, 4) is 5.75 Å². The summed E-state index contributed by atoms with van der Waals surface area (Å²) in [4.78, 5) is 0. The van der Waals surface area contributed by atoms with E-state index in [1.54, 1.807) is 0 Å². The number of aryl methyl sites for hydroxylation is 1. The van der Waals surface area contributed by atoms with Gasteiger partial charge in [-0.15, -0.1) is 0 Å². The second-order valence-corrected chi connectivity index (χ2v) is 5.22. The van der Waals surface area contributed by atoms with Crippen LogP contribution >= 0.6 is 0 Å². The maximum Gasteiger partial charge on any atom is 0.125 e. The van der Waals surface area contributed by atoms with Gasteiger partial charge in [-0.2, -0.15) is 0 Å². The van der Waals surface area contributed by atoms with Crippen molar-refractivity contribution in [1.29, 1.82) is 0 Å². The Morgan fingerprint density at radius 2 is 2.12 bits per heavy atom. The molecule has 1 aliphatic carbocycles. The molecule has 1 saturated heterocycles. The predicted octanol–water partition coefficient (Wildman–Crippen LogP) is 2.65. The molecule has 0 spiro atoms. The molecule has 1 aromatic carbocycles. The minimum atomic E-state index is 0.650. The molecule has 0 bridgehead atoms. The van der Waals surface area contributed by atoms with Crippen molar-refractivity contribution >= 4 is 0 Å². The standard InChI is InChI=1S/C15H21NO/c1-17-15-13-5-3-2-4-11(13)6-7-14(15)12-8-9-16-10-12/h6-7,12,16H,2-5,8-10H2,1H3. The smallest absolute Gasteiger partial charge is 0.125 e. The molecule has 1 unspecified atom stereocenters. The van der Waals surface area contributed by atoms with E-state index in [2.05, 4.69) is 17.4 Å². The minimum absolute atomic E-state index is 0.650. The molecule has 1 aromatic rings. The van der Waals surface area contributed by atoms with E-state index in [9.17, 15) is 0 Å². The number of hydrogen-bond acceptors (Lipinski definition) is 2. The zero-order chi connectivity index (χ0) is 11.7. The molecule has 1 aliphatic heterocycles. The summed E-state index contributed by atoms with van der Waals surface area (Å²) in [6.45, 7) is 2.25. The highest BCUT2D eigenvalue weighted by Crippen LogP contribution is 2.38. The number of benzene rings is 1. The molecule has 2 aliphatic rings. The first-order valence-electron chi connectivity index (χ1n) is 6.79. The first-order valence-corrected chi connectivity index (χ1v) is 6.79. The zero-order valence-electron chi connectivity index (χ0n) is 10.6. The van der Waals surface area contributed by atoms with Gasteiger partial charge in [0.25, 0.3) is 0 Å². The lowest BCUT2D eigenvalue weighted by molar-refractivity contribution is 0.397. The molecule has 92 valence electrons. The summed E-state index contributed by atoms with van der Waals surface area (Å²) < 4.78 is 5.73. The first kappa shape index (κ1) is 11.1. The maximum absolute atomic E-state index is 5.73. The quantitative estimate of drug-likeness (QED) is 0.845. The molecule has 1 heterocycles. The Morgan fingerprint density at radius 3 is 2.88 bits per heavy atom. The third-order valence-corrected chi connectivity index (χ3v) is 4.22. The Hall–Kier alpha value is -1.02. The Morgan fingerprint density at radius 1 is 1.24 bits per heavy atom. The molecule has 1 fully saturated rings. The lowest BCUT2D eigenvalue weighted by Gasteiger charge is -2.23. The number of rotatable bonds is 2. The van der Waals surface area contributed by atoms with Gasteiger partial charge in [0.05, 0.1) is 7.11 Å². The highest BCUT2D eigenvalue weighted by molar-refractivity contribution is 5.49. The Bertz CT molecular complexity index is 408. The Kier molecular flexibility index (Phi) is 3.06. The molecule has 0 amide bonds. The summed E-state index contributed by atoms with van der Waals surface area (Å²) in [6.07, 6.45) is 6.33. The van der Waals surface area contributed by atoms with Crippen LogP contribution in [-0.2, 0) is 12.8 Å². The van der Waals surface area contributed by atoms with Crippen LogP contribution in [0.4, 0.5) is 0 Å². The summed E-state index contributed by atoms with van der Waals surface area (Å²) >= 11 is 0. The van der Waals surface area contributed by atoms with Crippen molar-refractivity contribution in [2.45, 2.75) is 38.0 Å².